The molecule has 9 heteroatoms. The first-order chi connectivity index (χ1) is 9.15. The van der Waals surface area contributed by atoms with Crippen LogP contribution in [0.15, 0.2) is 22.2 Å². The zero-order chi connectivity index (χ0) is 13.4. The van der Waals surface area contributed by atoms with Crippen molar-refractivity contribution in [3.8, 4) is 0 Å². The van der Waals surface area contributed by atoms with E-state index in [1.54, 1.807) is 24.6 Å². The van der Waals surface area contributed by atoms with E-state index in [9.17, 15) is 10.1 Å². The van der Waals surface area contributed by atoms with Crippen LogP contribution >= 0.6 is 11.3 Å². The first-order valence-corrected chi connectivity index (χ1v) is 6.29. The fourth-order valence-corrected chi connectivity index (χ4v) is 2.45. The molecule has 0 unspecified atom stereocenters. The van der Waals surface area contributed by atoms with E-state index in [0.29, 0.717) is 23.0 Å². The minimum atomic E-state index is -0.455. The summed E-state index contributed by atoms with van der Waals surface area (Å²) in [7, 11) is 0. The number of anilines is 1. The second-order valence-corrected chi connectivity index (χ2v) is 4.75. The van der Waals surface area contributed by atoms with Gasteiger partial charge in [0.25, 0.3) is 4.96 Å². The fourth-order valence-electron chi connectivity index (χ4n) is 1.74. The van der Waals surface area contributed by atoms with Gasteiger partial charge >= 0.3 is 5.82 Å². The molecule has 0 aliphatic rings. The summed E-state index contributed by atoms with van der Waals surface area (Å²) in [5.41, 5.74) is 0.670. The van der Waals surface area contributed by atoms with Crippen LogP contribution in [0.4, 0.5) is 11.6 Å². The van der Waals surface area contributed by atoms with Crippen molar-refractivity contribution < 1.29 is 9.45 Å². The zero-order valence-electron chi connectivity index (χ0n) is 9.86. The van der Waals surface area contributed by atoms with E-state index in [-0.39, 0.29) is 11.6 Å². The van der Waals surface area contributed by atoms with Crippen LogP contribution < -0.4 is 5.32 Å². The first kappa shape index (κ1) is 11.7. The van der Waals surface area contributed by atoms with Gasteiger partial charge in [0, 0.05) is 11.4 Å². The van der Waals surface area contributed by atoms with Gasteiger partial charge in [-0.15, -0.1) is 0 Å². The Morgan fingerprint density at radius 1 is 1.63 bits per heavy atom. The number of aromatic nitrogens is 3. The maximum Gasteiger partial charge on any atom is 0.372 e. The Labute approximate surface area is 110 Å². The second kappa shape index (κ2) is 4.35. The van der Waals surface area contributed by atoms with Crippen molar-refractivity contribution >= 4 is 27.9 Å². The van der Waals surface area contributed by atoms with Crippen molar-refractivity contribution in [2.24, 2.45) is 0 Å². The van der Waals surface area contributed by atoms with Crippen LogP contribution in [0.3, 0.4) is 0 Å². The molecule has 3 rings (SSSR count). The summed E-state index contributed by atoms with van der Waals surface area (Å²) >= 11 is 1.34. The van der Waals surface area contributed by atoms with Crippen LogP contribution in [-0.2, 0) is 6.54 Å². The topological polar surface area (TPSA) is 98.5 Å². The Morgan fingerprint density at radius 3 is 3.16 bits per heavy atom. The lowest BCUT2D eigenvalue weighted by atomic mass is 10.4. The lowest BCUT2D eigenvalue weighted by molar-refractivity contribution is -0.389. The minimum Gasteiger partial charge on any atom is -0.361 e. The maximum absolute atomic E-state index is 11.1. The molecule has 0 saturated carbocycles. The van der Waals surface area contributed by atoms with Crippen LogP contribution in [0.1, 0.15) is 11.5 Å². The summed E-state index contributed by atoms with van der Waals surface area (Å²) in [6.07, 6.45) is 1.62. The summed E-state index contributed by atoms with van der Waals surface area (Å²) in [5.74, 6) is 0.853. The summed E-state index contributed by atoms with van der Waals surface area (Å²) in [6.45, 7) is 2.11. The Bertz CT molecular complexity index is 743. The van der Waals surface area contributed by atoms with E-state index in [2.05, 4.69) is 15.5 Å². The molecule has 3 aromatic rings. The molecule has 1 N–H and O–H groups in total. The number of fused-ring (bicyclic) bond motifs is 1. The molecule has 0 fully saturated rings. The molecule has 3 aromatic heterocycles. The molecule has 0 amide bonds. The Hall–Kier alpha value is -2.42. The number of nitro groups is 1. The molecule has 0 aliphatic carbocycles. The van der Waals surface area contributed by atoms with E-state index < -0.39 is 4.92 Å². The molecule has 19 heavy (non-hydrogen) atoms. The third kappa shape index (κ3) is 2.03. The van der Waals surface area contributed by atoms with E-state index >= 15 is 0 Å². The lowest BCUT2D eigenvalue weighted by Gasteiger charge is -1.99. The van der Waals surface area contributed by atoms with Crippen molar-refractivity contribution in [1.29, 1.82) is 0 Å². The number of rotatable bonds is 4. The van der Waals surface area contributed by atoms with Gasteiger partial charge in [0.1, 0.15) is 17.7 Å². The molecule has 98 valence electrons. The largest absolute Gasteiger partial charge is 0.372 e. The number of thiazole rings is 1. The monoisotopic (exact) mass is 279 g/mol. The Morgan fingerprint density at radius 2 is 2.47 bits per heavy atom. The molecule has 8 nitrogen and oxygen atoms in total. The molecule has 3 heterocycles. The highest BCUT2D eigenvalue weighted by Crippen LogP contribution is 2.28. The predicted molar refractivity (Wildman–Crippen MR) is 68.3 cm³/mol. The molecule has 0 saturated heterocycles. The fraction of sp³-hybridized carbons (Fsp3) is 0.200. The van der Waals surface area contributed by atoms with Crippen molar-refractivity contribution in [2.45, 2.75) is 13.5 Å². The smallest absolute Gasteiger partial charge is 0.361 e. The molecule has 0 aromatic carbocycles. The van der Waals surface area contributed by atoms with Gasteiger partial charge < -0.3 is 20.0 Å². The highest BCUT2D eigenvalue weighted by molar-refractivity contribution is 7.15. The highest BCUT2D eigenvalue weighted by atomic mass is 32.1. The van der Waals surface area contributed by atoms with Gasteiger partial charge in [-0.05, 0) is 11.8 Å². The van der Waals surface area contributed by atoms with Crippen LogP contribution in [0.25, 0.3) is 4.96 Å². The summed E-state index contributed by atoms with van der Waals surface area (Å²) in [4.78, 5) is 15.4. The first-order valence-electron chi connectivity index (χ1n) is 5.41. The molecular formula is C10H9N5O3S. The van der Waals surface area contributed by atoms with Crippen molar-refractivity contribution in [3.05, 3.63) is 39.2 Å². The highest BCUT2D eigenvalue weighted by Gasteiger charge is 2.23. The average molecular weight is 279 g/mol. The maximum atomic E-state index is 11.1. The minimum absolute atomic E-state index is 0.0727. The van der Waals surface area contributed by atoms with Crippen LogP contribution in [0.5, 0.6) is 0 Å². The molecular weight excluding hydrogens is 270 g/mol. The zero-order valence-corrected chi connectivity index (χ0v) is 10.7. The number of imidazole rings is 1. The number of aryl methyl sites for hydroxylation is 1. The molecule has 0 aliphatic heterocycles. The van der Waals surface area contributed by atoms with E-state index in [4.69, 9.17) is 4.52 Å². The van der Waals surface area contributed by atoms with Crippen LogP contribution in [0.2, 0.25) is 0 Å². The number of hydrogen-bond donors (Lipinski definition) is 1. The van der Waals surface area contributed by atoms with Gasteiger partial charge in [-0.3, -0.25) is 0 Å². The average Bonchev–Trinajstić information content (AvgIpc) is 3.00. The summed E-state index contributed by atoms with van der Waals surface area (Å²) in [5, 5.41) is 19.6. The number of nitrogens with one attached hydrogen (secondary N) is 1. The SMILES string of the molecule is Cc1cc(CNc2nc3sccn3c2[N+](=O)[O-])no1. The van der Waals surface area contributed by atoms with Crippen LogP contribution in [-0.4, -0.2) is 19.5 Å². The third-order valence-electron chi connectivity index (χ3n) is 2.52. The summed E-state index contributed by atoms with van der Waals surface area (Å²) < 4.78 is 6.37. The second-order valence-electron chi connectivity index (χ2n) is 3.88. The molecule has 0 atom stereocenters. The number of nitrogens with zero attached hydrogens (tertiary/aromatic N) is 4. The van der Waals surface area contributed by atoms with E-state index in [1.807, 2.05) is 0 Å². The Balaban J connectivity index is 1.89. The van der Waals surface area contributed by atoms with E-state index in [1.165, 1.54) is 15.7 Å². The van der Waals surface area contributed by atoms with Gasteiger partial charge in [0.2, 0.25) is 5.82 Å². The van der Waals surface area contributed by atoms with Gasteiger partial charge in [-0.1, -0.05) is 16.5 Å². The van der Waals surface area contributed by atoms with Crippen molar-refractivity contribution in [1.82, 2.24) is 14.5 Å². The van der Waals surface area contributed by atoms with Gasteiger partial charge in [-0.2, -0.15) is 9.38 Å². The predicted octanol–water partition coefficient (Wildman–Crippen LogP) is 2.21. The Kier molecular flexibility index (Phi) is 2.67. The molecule has 0 spiro atoms. The quantitative estimate of drug-likeness (QED) is 0.580. The van der Waals surface area contributed by atoms with Gasteiger partial charge in [0.15, 0.2) is 0 Å². The standard InChI is InChI=1S/C10H9N5O3S/c1-6-4-7(13-18-6)5-11-8-9(15(16)17)14-2-3-19-10(14)12-8/h2-4,11H,5H2,1H3. The lowest BCUT2D eigenvalue weighted by Crippen LogP contribution is -2.03. The van der Waals surface area contributed by atoms with E-state index in [0.717, 1.165) is 0 Å². The van der Waals surface area contributed by atoms with Crippen molar-refractivity contribution in [2.75, 3.05) is 5.32 Å². The molecule has 0 bridgehead atoms. The van der Waals surface area contributed by atoms with Gasteiger partial charge in [0.05, 0.1) is 6.54 Å². The normalized spacial score (nSPS) is 11.0. The van der Waals surface area contributed by atoms with Crippen molar-refractivity contribution in [3.63, 3.8) is 0 Å². The number of hydrogen-bond acceptors (Lipinski definition) is 7. The summed E-state index contributed by atoms with van der Waals surface area (Å²) in [6, 6.07) is 1.76. The van der Waals surface area contributed by atoms with Crippen LogP contribution in [0, 0.1) is 17.0 Å². The van der Waals surface area contributed by atoms with Gasteiger partial charge in [-0.25, -0.2) is 0 Å². The third-order valence-corrected chi connectivity index (χ3v) is 3.28. The molecule has 0 radical (unpaired) electrons.